The first-order valence-electron chi connectivity index (χ1n) is 6.77. The van der Waals surface area contributed by atoms with E-state index in [0.29, 0.717) is 0 Å². The second kappa shape index (κ2) is 6.13. The van der Waals surface area contributed by atoms with Crippen LogP contribution in [0.25, 0.3) is 0 Å². The molecule has 2 atom stereocenters. The Morgan fingerprint density at radius 1 is 1.35 bits per heavy atom. The Kier molecular flexibility index (Phi) is 4.49. The maximum Gasteiger partial charge on any atom is 0.320 e. The van der Waals surface area contributed by atoms with Crippen molar-refractivity contribution in [1.82, 2.24) is 5.32 Å². The van der Waals surface area contributed by atoms with Crippen molar-refractivity contribution in [1.29, 1.82) is 0 Å². The van der Waals surface area contributed by atoms with E-state index in [9.17, 15) is 9.90 Å². The number of carboxylic acid groups (broad SMARTS) is 1. The Labute approximate surface area is 118 Å². The number of methoxy groups -OCH3 is 2. The van der Waals surface area contributed by atoms with Crippen LogP contribution in [0.5, 0.6) is 11.5 Å². The standard InChI is InChI=1S/C15H21NO4/c1-9(16-14(15(17)18)10-4-5-10)12-8-11(19-2)6-7-13(12)20-3/h6-10,14,16H,4-5H2,1-3H3,(H,17,18). The van der Waals surface area contributed by atoms with E-state index in [1.807, 2.05) is 25.1 Å². The molecular weight excluding hydrogens is 258 g/mol. The van der Waals surface area contributed by atoms with Crippen molar-refractivity contribution in [2.75, 3.05) is 14.2 Å². The molecule has 0 aliphatic heterocycles. The molecule has 2 unspecified atom stereocenters. The van der Waals surface area contributed by atoms with E-state index >= 15 is 0 Å². The number of aliphatic carboxylic acids is 1. The maximum absolute atomic E-state index is 11.3. The number of carboxylic acids is 1. The summed E-state index contributed by atoms with van der Waals surface area (Å²) in [5, 5.41) is 12.5. The summed E-state index contributed by atoms with van der Waals surface area (Å²) in [5.74, 6) is 0.909. The minimum atomic E-state index is -0.791. The Hall–Kier alpha value is -1.75. The number of carbonyl (C=O) groups is 1. The average molecular weight is 279 g/mol. The first kappa shape index (κ1) is 14.7. The molecule has 110 valence electrons. The second-order valence-corrected chi connectivity index (χ2v) is 5.15. The number of hydrogen-bond acceptors (Lipinski definition) is 4. The van der Waals surface area contributed by atoms with Gasteiger partial charge in [0.2, 0.25) is 0 Å². The van der Waals surface area contributed by atoms with Crippen molar-refractivity contribution in [3.8, 4) is 11.5 Å². The molecule has 0 bridgehead atoms. The van der Waals surface area contributed by atoms with Crippen LogP contribution in [0.15, 0.2) is 18.2 Å². The molecule has 1 aromatic carbocycles. The molecule has 0 saturated heterocycles. The lowest BCUT2D eigenvalue weighted by Gasteiger charge is -2.22. The zero-order valence-electron chi connectivity index (χ0n) is 12.1. The van der Waals surface area contributed by atoms with Gasteiger partial charge in [0, 0.05) is 11.6 Å². The Balaban J connectivity index is 2.18. The van der Waals surface area contributed by atoms with Crippen LogP contribution in [0.4, 0.5) is 0 Å². The Bertz CT molecular complexity index is 485. The lowest BCUT2D eigenvalue weighted by Crippen LogP contribution is -2.40. The van der Waals surface area contributed by atoms with E-state index in [1.165, 1.54) is 0 Å². The Morgan fingerprint density at radius 2 is 2.05 bits per heavy atom. The van der Waals surface area contributed by atoms with Gasteiger partial charge in [0.05, 0.1) is 14.2 Å². The molecule has 2 rings (SSSR count). The summed E-state index contributed by atoms with van der Waals surface area (Å²) in [5.41, 5.74) is 0.902. The van der Waals surface area contributed by atoms with Gasteiger partial charge in [0.1, 0.15) is 17.5 Å². The summed E-state index contributed by atoms with van der Waals surface area (Å²) in [6, 6.07) is 4.91. The molecule has 0 radical (unpaired) electrons. The third-order valence-corrected chi connectivity index (χ3v) is 3.69. The first-order chi connectivity index (χ1) is 9.56. The van der Waals surface area contributed by atoms with Crippen molar-refractivity contribution in [3.05, 3.63) is 23.8 Å². The molecule has 0 spiro atoms. The van der Waals surface area contributed by atoms with E-state index in [-0.39, 0.29) is 12.0 Å². The molecule has 1 aromatic rings. The number of ether oxygens (including phenoxy) is 2. The van der Waals surface area contributed by atoms with Crippen LogP contribution in [0, 0.1) is 5.92 Å². The van der Waals surface area contributed by atoms with Crippen LogP contribution in [0.1, 0.15) is 31.4 Å². The van der Waals surface area contributed by atoms with Gasteiger partial charge in [-0.3, -0.25) is 10.1 Å². The van der Waals surface area contributed by atoms with Crippen molar-refractivity contribution >= 4 is 5.97 Å². The molecule has 1 aliphatic carbocycles. The zero-order valence-corrected chi connectivity index (χ0v) is 12.1. The van der Waals surface area contributed by atoms with Crippen LogP contribution < -0.4 is 14.8 Å². The van der Waals surface area contributed by atoms with Gasteiger partial charge in [0.25, 0.3) is 0 Å². The van der Waals surface area contributed by atoms with Gasteiger partial charge in [-0.1, -0.05) is 0 Å². The topological polar surface area (TPSA) is 67.8 Å². The number of rotatable bonds is 7. The average Bonchev–Trinajstić information content (AvgIpc) is 3.27. The number of benzene rings is 1. The van der Waals surface area contributed by atoms with Crippen LogP contribution >= 0.6 is 0 Å². The lowest BCUT2D eigenvalue weighted by atomic mass is 10.0. The molecule has 0 heterocycles. The highest BCUT2D eigenvalue weighted by Crippen LogP contribution is 2.35. The summed E-state index contributed by atoms with van der Waals surface area (Å²) in [4.78, 5) is 11.3. The van der Waals surface area contributed by atoms with Crippen LogP contribution in [-0.4, -0.2) is 31.3 Å². The fraction of sp³-hybridized carbons (Fsp3) is 0.533. The highest BCUT2D eigenvalue weighted by molar-refractivity contribution is 5.74. The monoisotopic (exact) mass is 279 g/mol. The predicted octanol–water partition coefficient (Wildman–Crippen LogP) is 2.22. The van der Waals surface area contributed by atoms with E-state index < -0.39 is 12.0 Å². The van der Waals surface area contributed by atoms with E-state index in [4.69, 9.17) is 9.47 Å². The van der Waals surface area contributed by atoms with Crippen molar-refractivity contribution in [2.45, 2.75) is 31.8 Å². The van der Waals surface area contributed by atoms with Crippen molar-refractivity contribution in [3.63, 3.8) is 0 Å². The minimum Gasteiger partial charge on any atom is -0.497 e. The molecular formula is C15H21NO4. The molecule has 20 heavy (non-hydrogen) atoms. The quantitative estimate of drug-likeness (QED) is 0.801. The van der Waals surface area contributed by atoms with Crippen molar-refractivity contribution < 1.29 is 19.4 Å². The van der Waals surface area contributed by atoms with E-state index in [2.05, 4.69) is 5.32 Å². The number of nitrogens with one attached hydrogen (secondary N) is 1. The zero-order chi connectivity index (χ0) is 14.7. The second-order valence-electron chi connectivity index (χ2n) is 5.15. The van der Waals surface area contributed by atoms with Crippen LogP contribution in [-0.2, 0) is 4.79 Å². The summed E-state index contributed by atoms with van der Waals surface area (Å²) in [6.07, 6.45) is 1.96. The van der Waals surface area contributed by atoms with E-state index in [1.54, 1.807) is 14.2 Å². The fourth-order valence-electron chi connectivity index (χ4n) is 2.38. The summed E-state index contributed by atoms with van der Waals surface area (Å²) in [7, 11) is 3.21. The third-order valence-electron chi connectivity index (χ3n) is 3.69. The van der Waals surface area contributed by atoms with Gasteiger partial charge in [-0.2, -0.15) is 0 Å². The largest absolute Gasteiger partial charge is 0.497 e. The van der Waals surface area contributed by atoms with Crippen LogP contribution in [0.3, 0.4) is 0 Å². The van der Waals surface area contributed by atoms with Crippen LogP contribution in [0.2, 0.25) is 0 Å². The van der Waals surface area contributed by atoms with Gasteiger partial charge < -0.3 is 14.6 Å². The van der Waals surface area contributed by atoms with Gasteiger partial charge in [-0.25, -0.2) is 0 Å². The highest BCUT2D eigenvalue weighted by atomic mass is 16.5. The SMILES string of the molecule is COc1ccc(OC)c(C(C)NC(C(=O)O)C2CC2)c1. The molecule has 5 heteroatoms. The van der Waals surface area contributed by atoms with Gasteiger partial charge in [-0.05, 0) is 43.9 Å². The highest BCUT2D eigenvalue weighted by Gasteiger charge is 2.37. The minimum absolute atomic E-state index is 0.123. The third kappa shape index (κ3) is 3.22. The summed E-state index contributed by atoms with van der Waals surface area (Å²) in [6.45, 7) is 1.94. The van der Waals surface area contributed by atoms with Gasteiger partial charge in [0.15, 0.2) is 0 Å². The summed E-state index contributed by atoms with van der Waals surface area (Å²) < 4.78 is 10.6. The molecule has 0 aromatic heterocycles. The van der Waals surface area contributed by atoms with Crippen molar-refractivity contribution in [2.24, 2.45) is 5.92 Å². The fourth-order valence-corrected chi connectivity index (χ4v) is 2.38. The van der Waals surface area contributed by atoms with Gasteiger partial charge in [-0.15, -0.1) is 0 Å². The van der Waals surface area contributed by atoms with Gasteiger partial charge >= 0.3 is 5.97 Å². The smallest absolute Gasteiger partial charge is 0.320 e. The molecule has 2 N–H and O–H groups in total. The number of hydrogen-bond donors (Lipinski definition) is 2. The normalized spacial score (nSPS) is 17.4. The Morgan fingerprint density at radius 3 is 2.55 bits per heavy atom. The maximum atomic E-state index is 11.3. The molecule has 1 saturated carbocycles. The molecule has 1 fully saturated rings. The van der Waals surface area contributed by atoms with E-state index in [0.717, 1.165) is 29.9 Å². The molecule has 0 amide bonds. The molecule has 5 nitrogen and oxygen atoms in total. The lowest BCUT2D eigenvalue weighted by molar-refractivity contribution is -0.140. The molecule has 1 aliphatic rings. The summed E-state index contributed by atoms with van der Waals surface area (Å²) >= 11 is 0. The predicted molar refractivity (Wildman–Crippen MR) is 75.2 cm³/mol. The first-order valence-corrected chi connectivity index (χ1v) is 6.77.